The molecule has 0 radical (unpaired) electrons. The molecule has 0 atom stereocenters. The zero-order valence-corrected chi connectivity index (χ0v) is 15.8. The number of ether oxygens (including phenoxy) is 1. The summed E-state index contributed by atoms with van der Waals surface area (Å²) in [6, 6.07) is 17.7. The average Bonchev–Trinajstić information content (AvgIpc) is 3.23. The summed E-state index contributed by atoms with van der Waals surface area (Å²) in [4.78, 5) is 5.22. The van der Waals surface area contributed by atoms with Crippen LogP contribution in [0.3, 0.4) is 0 Å². The van der Waals surface area contributed by atoms with Gasteiger partial charge in [0.25, 0.3) is 0 Å². The van der Waals surface area contributed by atoms with Crippen molar-refractivity contribution in [2.24, 2.45) is 4.99 Å². The van der Waals surface area contributed by atoms with E-state index >= 15 is 0 Å². The third-order valence-electron chi connectivity index (χ3n) is 3.87. The lowest BCUT2D eigenvalue weighted by molar-refractivity contribution is -0.502. The molecule has 1 N–H and O–H groups in total. The summed E-state index contributed by atoms with van der Waals surface area (Å²) in [5.74, 6) is 1.05. The summed E-state index contributed by atoms with van der Waals surface area (Å²) in [5, 5.41) is 12.7. The minimum absolute atomic E-state index is 0.222. The predicted molar refractivity (Wildman–Crippen MR) is 107 cm³/mol. The summed E-state index contributed by atoms with van der Waals surface area (Å²) >= 11 is 3.14. The molecule has 0 saturated heterocycles. The number of fused-ring (bicyclic) bond motifs is 1. The third kappa shape index (κ3) is 3.21. The molecule has 0 fully saturated rings. The minimum atomic E-state index is 0.222. The van der Waals surface area contributed by atoms with Gasteiger partial charge in [0.2, 0.25) is 5.69 Å². The average molecular weight is 382 g/mol. The van der Waals surface area contributed by atoms with Gasteiger partial charge in [-0.05, 0) is 54.7 Å². The van der Waals surface area contributed by atoms with Gasteiger partial charge in [-0.3, -0.25) is 4.99 Å². The van der Waals surface area contributed by atoms with E-state index in [1.165, 1.54) is 11.3 Å². The smallest absolute Gasteiger partial charge is 0.392 e. The first-order valence-corrected chi connectivity index (χ1v) is 9.93. The number of hydrogen-bond donors (Lipinski definition) is 1. The molecule has 0 amide bonds. The van der Waals surface area contributed by atoms with Gasteiger partial charge < -0.3 is 9.84 Å². The molecular formula is C20H17N2O2S2+. The van der Waals surface area contributed by atoms with E-state index in [1.807, 2.05) is 65.9 Å². The van der Waals surface area contributed by atoms with Crippen molar-refractivity contribution in [3.8, 4) is 22.9 Å². The maximum atomic E-state index is 10.7. The van der Waals surface area contributed by atoms with Gasteiger partial charge >= 0.3 is 10.0 Å². The molecule has 26 heavy (non-hydrogen) atoms. The van der Waals surface area contributed by atoms with E-state index in [0.717, 1.165) is 31.7 Å². The van der Waals surface area contributed by atoms with Crippen molar-refractivity contribution in [3.63, 3.8) is 0 Å². The van der Waals surface area contributed by atoms with Crippen LogP contribution in [0.15, 0.2) is 65.0 Å². The highest BCUT2D eigenvalue weighted by atomic mass is 32.2. The van der Waals surface area contributed by atoms with Crippen molar-refractivity contribution >= 4 is 38.7 Å². The molecule has 0 aliphatic heterocycles. The van der Waals surface area contributed by atoms with Gasteiger partial charge in [-0.15, -0.1) is 4.40 Å². The summed E-state index contributed by atoms with van der Waals surface area (Å²) in [6.07, 6.45) is 1.71. The first-order valence-electron chi connectivity index (χ1n) is 8.23. The zero-order chi connectivity index (χ0) is 17.9. The summed E-state index contributed by atoms with van der Waals surface area (Å²) in [5.41, 5.74) is 2.88. The highest BCUT2D eigenvalue weighted by Crippen LogP contribution is 2.31. The molecule has 2 aromatic heterocycles. The van der Waals surface area contributed by atoms with E-state index < -0.39 is 0 Å². The largest absolute Gasteiger partial charge is 0.494 e. The Morgan fingerprint density at radius 3 is 2.62 bits per heavy atom. The third-order valence-corrected chi connectivity index (χ3v) is 6.00. The molecule has 0 bridgehead atoms. The van der Waals surface area contributed by atoms with Crippen LogP contribution < -0.4 is 9.14 Å². The lowest BCUT2D eigenvalue weighted by Gasteiger charge is -2.01. The Bertz CT molecular complexity index is 1050. The van der Waals surface area contributed by atoms with Crippen LogP contribution in [-0.4, -0.2) is 17.9 Å². The van der Waals surface area contributed by atoms with Crippen LogP contribution in [0.25, 0.3) is 15.4 Å². The van der Waals surface area contributed by atoms with Crippen molar-refractivity contribution in [1.29, 1.82) is 0 Å². The van der Waals surface area contributed by atoms with Gasteiger partial charge in [0.1, 0.15) is 5.75 Å². The molecule has 4 rings (SSSR count). The molecule has 0 aliphatic rings. The predicted octanol–water partition coefficient (Wildman–Crippen LogP) is 5.07. The first-order chi connectivity index (χ1) is 12.8. The summed E-state index contributed by atoms with van der Waals surface area (Å²) < 4.78 is 8.34. The van der Waals surface area contributed by atoms with Crippen LogP contribution in [-0.2, 0) is 0 Å². The monoisotopic (exact) mass is 381 g/mol. The first kappa shape index (κ1) is 16.8. The summed E-state index contributed by atoms with van der Waals surface area (Å²) in [6.45, 7) is 2.60. The number of aromatic nitrogens is 1. The van der Waals surface area contributed by atoms with Gasteiger partial charge in [-0.25, -0.2) is 0 Å². The number of aromatic hydroxyl groups is 1. The van der Waals surface area contributed by atoms with Crippen molar-refractivity contribution in [2.75, 3.05) is 6.61 Å². The Morgan fingerprint density at radius 1 is 1.12 bits per heavy atom. The number of thiazole rings is 2. The second kappa shape index (κ2) is 7.27. The standard InChI is InChI=1S/C20H16N2O2S2/c1-2-24-16-10-8-15(9-11-16)21-12-18-19(23)22-17(13-25-20(22)26-18)14-6-4-3-5-7-14/h3-13H,2H2,1H3/p+1. The van der Waals surface area contributed by atoms with Crippen LogP contribution >= 0.6 is 22.7 Å². The van der Waals surface area contributed by atoms with E-state index in [4.69, 9.17) is 4.74 Å². The van der Waals surface area contributed by atoms with Crippen LogP contribution in [0.2, 0.25) is 0 Å². The van der Waals surface area contributed by atoms with Gasteiger partial charge in [-0.2, -0.15) is 0 Å². The van der Waals surface area contributed by atoms with E-state index in [1.54, 1.807) is 17.6 Å². The van der Waals surface area contributed by atoms with E-state index in [-0.39, 0.29) is 5.88 Å². The Morgan fingerprint density at radius 2 is 1.88 bits per heavy atom. The quantitative estimate of drug-likeness (QED) is 0.387. The van der Waals surface area contributed by atoms with Crippen molar-refractivity contribution in [1.82, 2.24) is 0 Å². The fourth-order valence-electron chi connectivity index (χ4n) is 2.65. The molecule has 130 valence electrons. The molecule has 0 saturated carbocycles. The maximum absolute atomic E-state index is 10.7. The van der Waals surface area contributed by atoms with Gasteiger partial charge in [0.15, 0.2) is 4.88 Å². The zero-order valence-electron chi connectivity index (χ0n) is 14.1. The maximum Gasteiger partial charge on any atom is 0.392 e. The lowest BCUT2D eigenvalue weighted by atomic mass is 10.2. The molecule has 4 nitrogen and oxygen atoms in total. The Hall–Kier alpha value is -2.70. The number of nitrogens with zero attached hydrogens (tertiary/aromatic N) is 2. The van der Waals surface area contributed by atoms with Crippen LogP contribution in [0.1, 0.15) is 11.8 Å². The fourth-order valence-corrected chi connectivity index (χ4v) is 4.75. The van der Waals surface area contributed by atoms with Crippen LogP contribution in [0.4, 0.5) is 5.69 Å². The normalized spacial score (nSPS) is 11.4. The molecule has 2 aromatic carbocycles. The molecule has 0 spiro atoms. The van der Waals surface area contributed by atoms with Crippen LogP contribution in [0, 0.1) is 0 Å². The number of rotatable bonds is 5. The van der Waals surface area contributed by atoms with Gasteiger partial charge in [0.05, 0.1) is 23.9 Å². The molecule has 0 unspecified atom stereocenters. The van der Waals surface area contributed by atoms with Gasteiger partial charge in [0, 0.05) is 5.56 Å². The lowest BCUT2D eigenvalue weighted by Crippen LogP contribution is -2.18. The molecular weight excluding hydrogens is 364 g/mol. The second-order valence-electron chi connectivity index (χ2n) is 5.56. The van der Waals surface area contributed by atoms with Crippen molar-refractivity contribution in [3.05, 3.63) is 64.9 Å². The van der Waals surface area contributed by atoms with E-state index in [0.29, 0.717) is 6.61 Å². The SMILES string of the molecule is CCOc1ccc(N=Cc2sc3scc(-c4ccccc4)[n+]3c2O)cc1. The van der Waals surface area contributed by atoms with E-state index in [2.05, 4.69) is 10.4 Å². The topological polar surface area (TPSA) is 45.9 Å². The molecule has 4 aromatic rings. The second-order valence-corrected chi connectivity index (χ2v) is 7.71. The van der Waals surface area contributed by atoms with E-state index in [9.17, 15) is 5.11 Å². The summed E-state index contributed by atoms with van der Waals surface area (Å²) in [7, 11) is 0. The fraction of sp³-hybridized carbons (Fsp3) is 0.100. The molecule has 2 heterocycles. The number of aliphatic imine (C=N–C) groups is 1. The minimum Gasteiger partial charge on any atom is -0.494 e. The highest BCUT2D eigenvalue weighted by molar-refractivity contribution is 7.35. The van der Waals surface area contributed by atoms with Crippen LogP contribution in [0.5, 0.6) is 11.6 Å². The Labute approximate surface area is 159 Å². The van der Waals surface area contributed by atoms with Crippen molar-refractivity contribution in [2.45, 2.75) is 6.92 Å². The van der Waals surface area contributed by atoms with Gasteiger partial charge in [-0.1, -0.05) is 29.5 Å². The number of hydrogen-bond acceptors (Lipinski definition) is 5. The number of benzene rings is 2. The molecule has 0 aliphatic carbocycles. The Kier molecular flexibility index (Phi) is 4.69. The van der Waals surface area contributed by atoms with Crippen molar-refractivity contribution < 1.29 is 14.2 Å². The molecule has 6 heteroatoms. The Balaban J connectivity index is 1.65. The highest BCUT2D eigenvalue weighted by Gasteiger charge is 2.26.